The van der Waals surface area contributed by atoms with Crippen LogP contribution in [0, 0.1) is 11.3 Å². The highest BCUT2D eigenvalue weighted by Gasteiger charge is 2.51. The van der Waals surface area contributed by atoms with Gasteiger partial charge in [-0.2, -0.15) is 10.1 Å². The Morgan fingerprint density at radius 3 is 2.64 bits per heavy atom. The first-order valence-corrected chi connectivity index (χ1v) is 14.4. The molecule has 1 saturated carbocycles. The van der Waals surface area contributed by atoms with Gasteiger partial charge in [-0.05, 0) is 43.2 Å². The first-order valence-electron chi connectivity index (χ1n) is 14.4. The molecule has 1 aromatic carbocycles. The molecule has 0 bridgehead atoms. The van der Waals surface area contributed by atoms with Crippen molar-refractivity contribution in [2.75, 3.05) is 57.5 Å². The number of hydrogen-bond acceptors (Lipinski definition) is 9. The Hall–Kier alpha value is -2.95. The summed E-state index contributed by atoms with van der Waals surface area (Å²) in [6.45, 7) is 10.0. The molecule has 0 amide bonds. The number of hydrogen-bond donors (Lipinski definition) is 3. The summed E-state index contributed by atoms with van der Waals surface area (Å²) in [5, 5.41) is 17.6. The fraction of sp³-hybridized carbons (Fsp3) is 0.621. The number of aliphatic hydroxyl groups is 1. The largest absolute Gasteiger partial charge is 0.496 e. The summed E-state index contributed by atoms with van der Waals surface area (Å²) in [6, 6.07) is 6.62. The number of anilines is 2. The highest BCUT2D eigenvalue weighted by molar-refractivity contribution is 5.86. The number of fused-ring (bicyclic) bond motifs is 1. The third-order valence-electron chi connectivity index (χ3n) is 8.49. The Kier molecular flexibility index (Phi) is 7.35. The summed E-state index contributed by atoms with van der Waals surface area (Å²) in [5.41, 5.74) is 10.4. The van der Waals surface area contributed by atoms with Crippen LogP contribution in [0.15, 0.2) is 24.4 Å². The molecule has 3 fully saturated rings. The number of nitrogens with one attached hydrogen (secondary N) is 1. The van der Waals surface area contributed by atoms with Crippen LogP contribution in [0.1, 0.15) is 50.2 Å². The SMILES string of the molecule is CCC[C@@H](CCO)Nc1nc(N)nc2cnn(Cc3ccc(CN4CC5(C4)CN(CC4CC4)C5)cc3OC)c12. The number of nitrogen functional groups attached to an aromatic ring is 1. The van der Waals surface area contributed by atoms with Gasteiger partial charge >= 0.3 is 0 Å². The van der Waals surface area contributed by atoms with Crippen LogP contribution < -0.4 is 15.8 Å². The molecule has 3 aromatic rings. The molecule has 2 aromatic heterocycles. The quantitative estimate of drug-likeness (QED) is 0.304. The molecule has 10 nitrogen and oxygen atoms in total. The molecule has 39 heavy (non-hydrogen) atoms. The maximum Gasteiger partial charge on any atom is 0.222 e. The van der Waals surface area contributed by atoms with E-state index in [9.17, 15) is 5.11 Å². The van der Waals surface area contributed by atoms with Gasteiger partial charge in [0.15, 0.2) is 5.82 Å². The minimum absolute atomic E-state index is 0.0940. The van der Waals surface area contributed by atoms with E-state index in [1.807, 2.05) is 4.68 Å². The van der Waals surface area contributed by atoms with Crippen molar-refractivity contribution in [2.24, 2.45) is 11.3 Å². The van der Waals surface area contributed by atoms with Gasteiger partial charge in [0.25, 0.3) is 0 Å². The molecule has 3 aliphatic rings. The van der Waals surface area contributed by atoms with Crippen molar-refractivity contribution in [1.82, 2.24) is 29.5 Å². The molecule has 6 rings (SSSR count). The van der Waals surface area contributed by atoms with Crippen LogP contribution in [0.4, 0.5) is 11.8 Å². The summed E-state index contributed by atoms with van der Waals surface area (Å²) in [6.07, 6.45) is 7.17. The number of likely N-dealkylation sites (tertiary alicyclic amines) is 2. The predicted molar refractivity (Wildman–Crippen MR) is 153 cm³/mol. The average Bonchev–Trinajstić information content (AvgIpc) is 3.60. The second-order valence-corrected chi connectivity index (χ2v) is 12.0. The van der Waals surface area contributed by atoms with Crippen LogP contribution in [0.5, 0.6) is 5.75 Å². The van der Waals surface area contributed by atoms with Crippen LogP contribution in [0.3, 0.4) is 0 Å². The molecule has 210 valence electrons. The van der Waals surface area contributed by atoms with Crippen LogP contribution in [0.2, 0.25) is 0 Å². The maximum atomic E-state index is 9.52. The lowest BCUT2D eigenvalue weighted by Crippen LogP contribution is -2.71. The molecule has 2 saturated heterocycles. The summed E-state index contributed by atoms with van der Waals surface area (Å²) >= 11 is 0. The maximum absolute atomic E-state index is 9.52. The molecule has 2 aliphatic heterocycles. The molecule has 4 N–H and O–H groups in total. The standard InChI is InChI=1S/C29H42N8O2/c1-3-4-23(9-10-38)32-27-26-24(33-28(30)34-27)12-31-37(26)15-22-8-7-21(11-25(22)39-2)14-36-18-29(19-36)16-35(17-29)13-20-5-6-20/h7-8,11-12,20,23,38H,3-6,9-10,13-19H2,1-2H3,(H3,30,32,33,34)/t23-/m0/s1. The van der Waals surface area contributed by atoms with Crippen LogP contribution in [0.25, 0.3) is 11.0 Å². The number of aromatic nitrogens is 4. The second-order valence-electron chi connectivity index (χ2n) is 12.0. The number of methoxy groups -OCH3 is 1. The highest BCUT2D eigenvalue weighted by Crippen LogP contribution is 2.42. The van der Waals surface area contributed by atoms with Crippen molar-refractivity contribution in [3.05, 3.63) is 35.5 Å². The summed E-state index contributed by atoms with van der Waals surface area (Å²) in [5.74, 6) is 2.70. The highest BCUT2D eigenvalue weighted by atomic mass is 16.5. The minimum Gasteiger partial charge on any atom is -0.496 e. The van der Waals surface area contributed by atoms with E-state index in [-0.39, 0.29) is 18.6 Å². The van der Waals surface area contributed by atoms with Crippen molar-refractivity contribution >= 4 is 22.8 Å². The zero-order valence-corrected chi connectivity index (χ0v) is 23.3. The van der Waals surface area contributed by atoms with Crippen molar-refractivity contribution < 1.29 is 9.84 Å². The molecule has 0 unspecified atom stereocenters. The Morgan fingerprint density at radius 2 is 1.92 bits per heavy atom. The molecular formula is C29H42N8O2. The van der Waals surface area contributed by atoms with Gasteiger partial charge in [-0.3, -0.25) is 9.58 Å². The minimum atomic E-state index is 0.0940. The van der Waals surface area contributed by atoms with Gasteiger partial charge in [-0.15, -0.1) is 0 Å². The number of ether oxygens (including phenoxy) is 1. The lowest BCUT2D eigenvalue weighted by atomic mass is 9.72. The van der Waals surface area contributed by atoms with Crippen molar-refractivity contribution in [2.45, 2.75) is 58.2 Å². The third-order valence-corrected chi connectivity index (χ3v) is 8.49. The lowest BCUT2D eigenvalue weighted by Gasteiger charge is -2.60. The number of benzene rings is 1. The van der Waals surface area contributed by atoms with Gasteiger partial charge in [0.05, 0.1) is 19.9 Å². The Morgan fingerprint density at radius 1 is 1.13 bits per heavy atom. The van der Waals surface area contributed by atoms with Gasteiger partial charge in [-0.25, -0.2) is 4.98 Å². The van der Waals surface area contributed by atoms with Crippen molar-refractivity contribution in [1.29, 1.82) is 0 Å². The Bertz CT molecular complexity index is 1290. The normalized spacial score (nSPS) is 19.7. The number of nitrogens with two attached hydrogens (primary N) is 1. The first kappa shape index (κ1) is 26.3. The van der Waals surface area contributed by atoms with Crippen molar-refractivity contribution in [3.63, 3.8) is 0 Å². The first-order chi connectivity index (χ1) is 19.0. The van der Waals surface area contributed by atoms with Crippen molar-refractivity contribution in [3.8, 4) is 5.75 Å². The van der Waals surface area contributed by atoms with E-state index in [1.165, 1.54) is 51.1 Å². The van der Waals surface area contributed by atoms with Crippen LogP contribution >= 0.6 is 0 Å². The third kappa shape index (κ3) is 5.69. The molecule has 1 aliphatic carbocycles. The zero-order chi connectivity index (χ0) is 27.0. The second kappa shape index (κ2) is 10.9. The Labute approximate surface area is 230 Å². The molecule has 0 radical (unpaired) electrons. The van der Waals surface area contributed by atoms with Gasteiger partial charge in [0.1, 0.15) is 16.8 Å². The van der Waals surface area contributed by atoms with Crippen LogP contribution in [-0.2, 0) is 13.1 Å². The van der Waals surface area contributed by atoms with Gasteiger partial charge in [-0.1, -0.05) is 25.5 Å². The molecule has 1 spiro atoms. The topological polar surface area (TPSA) is 118 Å². The van der Waals surface area contributed by atoms with Gasteiger partial charge in [0, 0.05) is 62.9 Å². The van der Waals surface area contributed by atoms with E-state index in [4.69, 9.17) is 10.5 Å². The van der Waals surface area contributed by atoms with E-state index >= 15 is 0 Å². The van der Waals surface area contributed by atoms with Gasteiger partial charge in [0.2, 0.25) is 5.95 Å². The smallest absolute Gasteiger partial charge is 0.222 e. The summed E-state index contributed by atoms with van der Waals surface area (Å²) in [4.78, 5) is 14.1. The van der Waals surface area contributed by atoms with E-state index in [2.05, 4.69) is 55.3 Å². The lowest BCUT2D eigenvalue weighted by molar-refractivity contribution is -0.119. The molecular weight excluding hydrogens is 492 g/mol. The van der Waals surface area contributed by atoms with E-state index < -0.39 is 0 Å². The fourth-order valence-electron chi connectivity index (χ4n) is 6.57. The Balaban J connectivity index is 1.13. The average molecular weight is 535 g/mol. The van der Waals surface area contributed by atoms with E-state index in [0.717, 1.165) is 42.1 Å². The zero-order valence-electron chi connectivity index (χ0n) is 23.3. The van der Waals surface area contributed by atoms with E-state index in [0.29, 0.717) is 29.7 Å². The molecule has 4 heterocycles. The van der Waals surface area contributed by atoms with Crippen LogP contribution in [-0.4, -0.2) is 87.1 Å². The number of nitrogens with zero attached hydrogens (tertiary/aromatic N) is 6. The summed E-state index contributed by atoms with van der Waals surface area (Å²) in [7, 11) is 1.73. The van der Waals surface area contributed by atoms with E-state index in [1.54, 1.807) is 13.3 Å². The fourth-order valence-corrected chi connectivity index (χ4v) is 6.57. The molecule has 10 heteroatoms. The predicted octanol–water partition coefficient (Wildman–Crippen LogP) is 2.96. The number of rotatable bonds is 13. The van der Waals surface area contributed by atoms with Gasteiger partial charge < -0.3 is 25.8 Å². The molecule has 1 atom stereocenters. The monoisotopic (exact) mass is 534 g/mol. The summed E-state index contributed by atoms with van der Waals surface area (Å²) < 4.78 is 7.73. The number of aliphatic hydroxyl groups excluding tert-OH is 1.